The summed E-state index contributed by atoms with van der Waals surface area (Å²) in [5, 5.41) is 1.11. The van der Waals surface area contributed by atoms with E-state index in [1.807, 2.05) is 0 Å². The molecular formula is C8H15BrO. The van der Waals surface area contributed by atoms with Gasteiger partial charge in [-0.2, -0.15) is 0 Å². The monoisotopic (exact) mass is 206 g/mol. The highest BCUT2D eigenvalue weighted by Crippen LogP contribution is 2.47. The lowest BCUT2D eigenvalue weighted by molar-refractivity contribution is 0.0990. The molecule has 1 aliphatic rings. The predicted molar refractivity (Wildman–Crippen MR) is 46.6 cm³/mol. The van der Waals surface area contributed by atoms with E-state index in [9.17, 15) is 0 Å². The molecule has 0 aromatic carbocycles. The van der Waals surface area contributed by atoms with Crippen LogP contribution in [-0.4, -0.2) is 18.5 Å². The summed E-state index contributed by atoms with van der Waals surface area (Å²) in [6.07, 6.45) is 3.84. The SMILES string of the molecule is CCCOCC1(CBr)CC1. The molecule has 0 saturated heterocycles. The van der Waals surface area contributed by atoms with Gasteiger partial charge in [-0.05, 0) is 19.3 Å². The fourth-order valence-corrected chi connectivity index (χ4v) is 1.65. The van der Waals surface area contributed by atoms with Gasteiger partial charge in [-0.1, -0.05) is 22.9 Å². The van der Waals surface area contributed by atoms with Crippen molar-refractivity contribution in [2.75, 3.05) is 18.5 Å². The number of rotatable bonds is 5. The van der Waals surface area contributed by atoms with Crippen LogP contribution in [0.1, 0.15) is 26.2 Å². The van der Waals surface area contributed by atoms with E-state index in [2.05, 4.69) is 22.9 Å². The smallest absolute Gasteiger partial charge is 0.0530 e. The standard InChI is InChI=1S/C8H15BrO/c1-2-5-10-7-8(6-9)3-4-8/h2-7H2,1H3. The average molecular weight is 207 g/mol. The van der Waals surface area contributed by atoms with E-state index < -0.39 is 0 Å². The van der Waals surface area contributed by atoms with Crippen LogP contribution in [0, 0.1) is 5.41 Å². The third-order valence-corrected chi connectivity index (χ3v) is 3.19. The molecule has 0 bridgehead atoms. The molecule has 0 aromatic rings. The summed E-state index contributed by atoms with van der Waals surface area (Å²) in [6.45, 7) is 4.04. The van der Waals surface area contributed by atoms with Crippen LogP contribution in [0.15, 0.2) is 0 Å². The van der Waals surface area contributed by atoms with Gasteiger partial charge in [-0.25, -0.2) is 0 Å². The molecule has 1 saturated carbocycles. The van der Waals surface area contributed by atoms with Crippen LogP contribution in [-0.2, 0) is 4.74 Å². The minimum Gasteiger partial charge on any atom is -0.381 e. The number of ether oxygens (including phenoxy) is 1. The van der Waals surface area contributed by atoms with Gasteiger partial charge in [0.2, 0.25) is 0 Å². The summed E-state index contributed by atoms with van der Waals surface area (Å²) in [5.74, 6) is 0. The molecule has 1 fully saturated rings. The van der Waals surface area contributed by atoms with Gasteiger partial charge >= 0.3 is 0 Å². The third kappa shape index (κ3) is 2.24. The van der Waals surface area contributed by atoms with Crippen LogP contribution in [0.5, 0.6) is 0 Å². The summed E-state index contributed by atoms with van der Waals surface area (Å²) in [4.78, 5) is 0. The van der Waals surface area contributed by atoms with Crippen molar-refractivity contribution in [1.29, 1.82) is 0 Å². The Labute approximate surface area is 71.3 Å². The lowest BCUT2D eigenvalue weighted by Crippen LogP contribution is -2.12. The Morgan fingerprint density at radius 2 is 2.20 bits per heavy atom. The lowest BCUT2D eigenvalue weighted by Gasteiger charge is -2.10. The fourth-order valence-electron chi connectivity index (χ4n) is 0.926. The molecule has 0 aliphatic heterocycles. The molecule has 0 spiro atoms. The van der Waals surface area contributed by atoms with E-state index in [1.54, 1.807) is 0 Å². The Morgan fingerprint density at radius 3 is 2.60 bits per heavy atom. The van der Waals surface area contributed by atoms with Gasteiger partial charge < -0.3 is 4.74 Å². The normalized spacial score (nSPS) is 21.0. The zero-order chi connectivity index (χ0) is 7.45. The van der Waals surface area contributed by atoms with Crippen LogP contribution in [0.4, 0.5) is 0 Å². The Morgan fingerprint density at radius 1 is 1.50 bits per heavy atom. The first-order valence-electron chi connectivity index (χ1n) is 3.97. The molecule has 0 atom stereocenters. The van der Waals surface area contributed by atoms with Gasteiger partial charge in [0.25, 0.3) is 0 Å². The van der Waals surface area contributed by atoms with Gasteiger partial charge in [-0.15, -0.1) is 0 Å². The zero-order valence-corrected chi connectivity index (χ0v) is 8.11. The van der Waals surface area contributed by atoms with Crippen molar-refractivity contribution in [1.82, 2.24) is 0 Å². The minimum atomic E-state index is 0.537. The van der Waals surface area contributed by atoms with E-state index in [1.165, 1.54) is 12.8 Å². The Kier molecular flexibility index (Phi) is 3.18. The van der Waals surface area contributed by atoms with Crippen LogP contribution in [0.3, 0.4) is 0 Å². The molecule has 1 rings (SSSR count). The Hall–Kier alpha value is 0.440. The van der Waals surface area contributed by atoms with E-state index >= 15 is 0 Å². The Balaban J connectivity index is 2.01. The molecule has 0 amide bonds. The quantitative estimate of drug-likeness (QED) is 0.497. The summed E-state index contributed by atoms with van der Waals surface area (Å²) in [6, 6.07) is 0. The fraction of sp³-hybridized carbons (Fsp3) is 1.00. The second kappa shape index (κ2) is 3.72. The van der Waals surface area contributed by atoms with Crippen LogP contribution in [0.2, 0.25) is 0 Å². The van der Waals surface area contributed by atoms with E-state index in [-0.39, 0.29) is 0 Å². The molecule has 0 aromatic heterocycles. The van der Waals surface area contributed by atoms with Crippen molar-refractivity contribution in [3.05, 3.63) is 0 Å². The van der Waals surface area contributed by atoms with E-state index in [4.69, 9.17) is 4.74 Å². The first-order chi connectivity index (χ1) is 4.83. The second-order valence-corrected chi connectivity index (χ2v) is 3.75. The molecule has 10 heavy (non-hydrogen) atoms. The number of hydrogen-bond acceptors (Lipinski definition) is 1. The Bertz CT molecular complexity index is 99.4. The first kappa shape index (κ1) is 8.54. The maximum atomic E-state index is 5.47. The molecular weight excluding hydrogens is 192 g/mol. The molecule has 0 radical (unpaired) electrons. The van der Waals surface area contributed by atoms with Crippen molar-refractivity contribution in [2.24, 2.45) is 5.41 Å². The highest BCUT2D eigenvalue weighted by molar-refractivity contribution is 9.09. The number of alkyl halides is 1. The highest BCUT2D eigenvalue weighted by Gasteiger charge is 2.41. The van der Waals surface area contributed by atoms with Crippen molar-refractivity contribution in [2.45, 2.75) is 26.2 Å². The summed E-state index contributed by atoms with van der Waals surface area (Å²) in [5.41, 5.74) is 0.537. The van der Waals surface area contributed by atoms with E-state index in [0.717, 1.165) is 25.0 Å². The van der Waals surface area contributed by atoms with Gasteiger partial charge in [0, 0.05) is 17.4 Å². The molecule has 2 heteroatoms. The predicted octanol–water partition coefficient (Wildman–Crippen LogP) is 2.59. The van der Waals surface area contributed by atoms with Gasteiger partial charge in [-0.3, -0.25) is 0 Å². The molecule has 1 aliphatic carbocycles. The molecule has 0 N–H and O–H groups in total. The molecule has 1 nitrogen and oxygen atoms in total. The van der Waals surface area contributed by atoms with Gasteiger partial charge in [0.15, 0.2) is 0 Å². The molecule has 60 valence electrons. The van der Waals surface area contributed by atoms with Crippen LogP contribution in [0.25, 0.3) is 0 Å². The maximum absolute atomic E-state index is 5.47. The first-order valence-corrected chi connectivity index (χ1v) is 5.09. The minimum absolute atomic E-state index is 0.537. The average Bonchev–Trinajstić information content (AvgIpc) is 2.70. The van der Waals surface area contributed by atoms with Crippen molar-refractivity contribution in [3.63, 3.8) is 0 Å². The maximum Gasteiger partial charge on any atom is 0.0530 e. The van der Waals surface area contributed by atoms with E-state index in [0.29, 0.717) is 5.41 Å². The number of halogens is 1. The topological polar surface area (TPSA) is 9.23 Å². The highest BCUT2D eigenvalue weighted by atomic mass is 79.9. The van der Waals surface area contributed by atoms with Gasteiger partial charge in [0.05, 0.1) is 6.61 Å². The molecule has 0 unspecified atom stereocenters. The van der Waals surface area contributed by atoms with Gasteiger partial charge in [0.1, 0.15) is 0 Å². The number of hydrogen-bond donors (Lipinski definition) is 0. The lowest BCUT2D eigenvalue weighted by atomic mass is 10.2. The van der Waals surface area contributed by atoms with Crippen molar-refractivity contribution < 1.29 is 4.74 Å². The molecule has 0 heterocycles. The van der Waals surface area contributed by atoms with Crippen LogP contribution >= 0.6 is 15.9 Å². The summed E-state index contributed by atoms with van der Waals surface area (Å²) < 4.78 is 5.47. The van der Waals surface area contributed by atoms with Crippen molar-refractivity contribution in [3.8, 4) is 0 Å². The largest absolute Gasteiger partial charge is 0.381 e. The third-order valence-electron chi connectivity index (χ3n) is 2.00. The van der Waals surface area contributed by atoms with Crippen molar-refractivity contribution >= 4 is 15.9 Å². The van der Waals surface area contributed by atoms with Crippen LogP contribution < -0.4 is 0 Å². The summed E-state index contributed by atoms with van der Waals surface area (Å²) >= 11 is 3.51. The zero-order valence-electron chi connectivity index (χ0n) is 6.53. The second-order valence-electron chi connectivity index (χ2n) is 3.19. The summed E-state index contributed by atoms with van der Waals surface area (Å²) in [7, 11) is 0.